The van der Waals surface area contributed by atoms with Gasteiger partial charge in [0.2, 0.25) is 5.78 Å². The van der Waals surface area contributed by atoms with Crippen molar-refractivity contribution in [2.45, 2.75) is 63.3 Å². The van der Waals surface area contributed by atoms with E-state index < -0.39 is 58.0 Å². The standard InChI is InChI=1S/C29H37N3O8/c1-28(2,14-6-7-14)31-11-13-10-17(33)19-15(24(13)40-5)8-12-9-16-21(32(3)4)23(35)20(27(30)38)26(37)29(16,39)25(36)18(12)22(19)34/h10,12,14,16,21,31,33-34,37,39H,6-9,11H2,1-5H3,(H2,30,38)/t12-,16-,21-,29-/m0/s1. The fourth-order valence-electron chi connectivity index (χ4n) is 7.01. The minimum Gasteiger partial charge on any atom is -0.508 e. The third-order valence-electron chi connectivity index (χ3n) is 9.28. The zero-order valence-electron chi connectivity index (χ0n) is 23.4. The van der Waals surface area contributed by atoms with E-state index in [0.29, 0.717) is 29.3 Å². The van der Waals surface area contributed by atoms with Crippen LogP contribution in [-0.2, 0) is 27.3 Å². The molecule has 0 heterocycles. The molecule has 4 aliphatic carbocycles. The van der Waals surface area contributed by atoms with E-state index >= 15 is 0 Å². The van der Waals surface area contributed by atoms with E-state index in [0.717, 1.165) is 12.8 Å². The van der Waals surface area contributed by atoms with Crippen LogP contribution in [0.2, 0.25) is 0 Å². The third-order valence-corrected chi connectivity index (χ3v) is 9.28. The topological polar surface area (TPSA) is 183 Å². The zero-order chi connectivity index (χ0) is 29.5. The summed E-state index contributed by atoms with van der Waals surface area (Å²) in [7, 11) is 4.63. The van der Waals surface area contributed by atoms with Gasteiger partial charge in [0.05, 0.1) is 18.7 Å². The Hall–Kier alpha value is -3.41. The number of aromatic hydroxyl groups is 1. The maximum atomic E-state index is 13.9. The molecule has 5 rings (SSSR count). The summed E-state index contributed by atoms with van der Waals surface area (Å²) >= 11 is 0. The molecule has 0 unspecified atom stereocenters. The van der Waals surface area contributed by atoms with Crippen LogP contribution in [0.5, 0.6) is 11.5 Å². The molecule has 1 amide bonds. The van der Waals surface area contributed by atoms with Crippen LogP contribution in [0.3, 0.4) is 0 Å². The van der Waals surface area contributed by atoms with Crippen molar-refractivity contribution in [1.29, 1.82) is 0 Å². The molecule has 11 nitrogen and oxygen atoms in total. The van der Waals surface area contributed by atoms with Gasteiger partial charge >= 0.3 is 0 Å². The van der Waals surface area contributed by atoms with Crippen molar-refractivity contribution in [1.82, 2.24) is 10.2 Å². The molecule has 2 fully saturated rings. The van der Waals surface area contributed by atoms with Gasteiger partial charge in [-0.2, -0.15) is 0 Å². The maximum Gasteiger partial charge on any atom is 0.255 e. The average Bonchev–Trinajstić information content (AvgIpc) is 3.71. The number of aliphatic hydroxyl groups is 3. The Labute approximate surface area is 232 Å². The van der Waals surface area contributed by atoms with Gasteiger partial charge in [0, 0.05) is 34.7 Å². The van der Waals surface area contributed by atoms with Crippen LogP contribution >= 0.6 is 0 Å². The van der Waals surface area contributed by atoms with Crippen molar-refractivity contribution in [3.63, 3.8) is 0 Å². The Morgan fingerprint density at radius 3 is 2.42 bits per heavy atom. The molecule has 0 radical (unpaired) electrons. The number of ketones is 2. The zero-order valence-corrected chi connectivity index (χ0v) is 23.4. The Morgan fingerprint density at radius 2 is 1.88 bits per heavy atom. The van der Waals surface area contributed by atoms with Crippen molar-refractivity contribution >= 4 is 23.2 Å². The van der Waals surface area contributed by atoms with Gasteiger partial charge in [-0.05, 0) is 71.5 Å². The van der Waals surface area contributed by atoms with E-state index in [1.165, 1.54) is 18.1 Å². The number of phenols is 1. The summed E-state index contributed by atoms with van der Waals surface area (Å²) in [5.74, 6) is -5.76. The second-order valence-electron chi connectivity index (χ2n) is 12.3. The number of benzene rings is 1. The molecule has 4 atom stereocenters. The summed E-state index contributed by atoms with van der Waals surface area (Å²) in [6.45, 7) is 4.67. The first-order chi connectivity index (χ1) is 18.7. The van der Waals surface area contributed by atoms with E-state index in [1.54, 1.807) is 14.1 Å². The van der Waals surface area contributed by atoms with Gasteiger partial charge in [-0.1, -0.05) is 0 Å². The molecule has 0 spiro atoms. The maximum absolute atomic E-state index is 13.9. The molecule has 0 aliphatic heterocycles. The molecule has 0 aromatic heterocycles. The van der Waals surface area contributed by atoms with E-state index in [9.17, 15) is 34.8 Å². The molecular formula is C29H37N3O8. The number of phenolic OH excluding ortho intramolecular Hbond substituents is 1. The van der Waals surface area contributed by atoms with Gasteiger partial charge in [-0.3, -0.25) is 19.3 Å². The first-order valence-electron chi connectivity index (χ1n) is 13.5. The average molecular weight is 556 g/mol. The Balaban J connectivity index is 1.63. The molecule has 1 aromatic rings. The van der Waals surface area contributed by atoms with E-state index in [4.69, 9.17) is 10.5 Å². The van der Waals surface area contributed by atoms with Gasteiger partial charge in [0.15, 0.2) is 11.4 Å². The summed E-state index contributed by atoms with van der Waals surface area (Å²) in [5, 5.41) is 48.6. The normalized spacial score (nSPS) is 28.4. The number of primary amides is 1. The minimum absolute atomic E-state index is 0.0124. The molecular weight excluding hydrogens is 518 g/mol. The number of carbonyl (C=O) groups excluding carboxylic acids is 3. The van der Waals surface area contributed by atoms with Crippen LogP contribution in [0.1, 0.15) is 49.8 Å². The van der Waals surface area contributed by atoms with Crippen molar-refractivity contribution in [2.75, 3.05) is 21.2 Å². The summed E-state index contributed by atoms with van der Waals surface area (Å²) in [4.78, 5) is 40.8. The van der Waals surface area contributed by atoms with Crippen molar-refractivity contribution < 1.29 is 39.5 Å². The van der Waals surface area contributed by atoms with Gasteiger partial charge in [-0.25, -0.2) is 0 Å². The lowest BCUT2D eigenvalue weighted by Crippen LogP contribution is -2.65. The van der Waals surface area contributed by atoms with E-state index in [1.807, 2.05) is 0 Å². The summed E-state index contributed by atoms with van der Waals surface area (Å²) in [6, 6.07) is 0.354. The molecule has 216 valence electrons. The van der Waals surface area contributed by atoms with Crippen LogP contribution in [0.4, 0.5) is 0 Å². The molecule has 7 N–H and O–H groups in total. The Morgan fingerprint density at radius 1 is 1.23 bits per heavy atom. The number of nitrogens with one attached hydrogen (secondary N) is 1. The number of Topliss-reactive ketones (excluding diaryl/α,β-unsaturated/α-hetero) is 2. The number of ether oxygens (including phenoxy) is 1. The lowest BCUT2D eigenvalue weighted by atomic mass is 9.57. The lowest BCUT2D eigenvalue weighted by Gasteiger charge is -2.50. The lowest BCUT2D eigenvalue weighted by molar-refractivity contribution is -0.153. The number of nitrogens with two attached hydrogens (primary N) is 1. The van der Waals surface area contributed by atoms with Gasteiger partial charge in [0.1, 0.15) is 28.6 Å². The monoisotopic (exact) mass is 555 g/mol. The number of carbonyl (C=O) groups is 3. The molecule has 40 heavy (non-hydrogen) atoms. The number of hydrogen-bond donors (Lipinski definition) is 6. The fourth-order valence-corrected chi connectivity index (χ4v) is 7.01. The molecule has 4 aliphatic rings. The predicted octanol–water partition coefficient (Wildman–Crippen LogP) is 1.25. The van der Waals surface area contributed by atoms with Gasteiger partial charge in [-0.15, -0.1) is 0 Å². The Bertz CT molecular complexity index is 1390. The van der Waals surface area contributed by atoms with Crippen molar-refractivity contribution in [3.8, 4) is 11.5 Å². The van der Waals surface area contributed by atoms with Crippen molar-refractivity contribution in [3.05, 3.63) is 39.7 Å². The van der Waals surface area contributed by atoms with Crippen LogP contribution < -0.4 is 15.8 Å². The number of amides is 1. The van der Waals surface area contributed by atoms with Crippen molar-refractivity contribution in [2.24, 2.45) is 23.5 Å². The number of rotatable bonds is 7. The SMILES string of the molecule is COc1c(CNC(C)(C)C2CC2)cc(O)c2c1C[C@H]1C[C@H]3[C@H](N(C)C)C(=O)C(C(N)=O)=C(O)[C@@]3(O)C(=O)C1=C2O. The smallest absolute Gasteiger partial charge is 0.255 e. The largest absolute Gasteiger partial charge is 0.508 e. The molecule has 11 heteroatoms. The quantitative estimate of drug-likeness (QED) is 0.268. The van der Waals surface area contributed by atoms with Crippen LogP contribution in [0.15, 0.2) is 23.0 Å². The first-order valence-corrected chi connectivity index (χ1v) is 13.5. The number of fused-ring (bicyclic) bond motifs is 3. The highest BCUT2D eigenvalue weighted by molar-refractivity contribution is 6.24. The molecule has 1 aromatic carbocycles. The minimum atomic E-state index is -2.66. The highest BCUT2D eigenvalue weighted by Crippen LogP contribution is 2.54. The van der Waals surface area contributed by atoms with Crippen LogP contribution in [0.25, 0.3) is 5.76 Å². The number of hydrogen-bond acceptors (Lipinski definition) is 10. The number of methoxy groups -OCH3 is 1. The van der Waals surface area contributed by atoms with Gasteiger partial charge < -0.3 is 36.2 Å². The third kappa shape index (κ3) is 3.93. The van der Waals surface area contributed by atoms with E-state index in [-0.39, 0.29) is 35.3 Å². The first kappa shape index (κ1) is 28.1. The number of nitrogens with zero attached hydrogens (tertiary/aromatic N) is 1. The van der Waals surface area contributed by atoms with Gasteiger partial charge in [0.25, 0.3) is 5.91 Å². The predicted molar refractivity (Wildman–Crippen MR) is 144 cm³/mol. The highest BCUT2D eigenvalue weighted by Gasteiger charge is 2.64. The number of likely N-dealkylation sites (N-methyl/N-ethyl adjacent to an activating group) is 1. The second-order valence-corrected chi connectivity index (χ2v) is 12.3. The van der Waals surface area contributed by atoms with Crippen LogP contribution in [-0.4, -0.2) is 81.2 Å². The van der Waals surface area contributed by atoms with E-state index in [2.05, 4.69) is 19.2 Å². The highest BCUT2D eigenvalue weighted by atomic mass is 16.5. The molecule has 2 saturated carbocycles. The Kier molecular flexibility index (Phi) is 6.56. The fraction of sp³-hybridized carbons (Fsp3) is 0.552. The number of aliphatic hydroxyl groups excluding tert-OH is 2. The summed E-state index contributed by atoms with van der Waals surface area (Å²) < 4.78 is 5.78. The summed E-state index contributed by atoms with van der Waals surface area (Å²) in [6.07, 6.45) is 2.50. The van der Waals surface area contributed by atoms with Crippen LogP contribution in [0, 0.1) is 17.8 Å². The summed E-state index contributed by atoms with van der Waals surface area (Å²) in [5.41, 5.74) is 2.77. The second kappa shape index (κ2) is 9.32. The molecule has 0 bridgehead atoms. The molecule has 0 saturated heterocycles.